The van der Waals surface area contributed by atoms with Gasteiger partial charge in [-0.2, -0.15) is 0 Å². The molecule has 0 saturated heterocycles. The van der Waals surface area contributed by atoms with Crippen LogP contribution in [0.1, 0.15) is 406 Å². The van der Waals surface area contributed by atoms with E-state index in [0.29, 0.717) is 19.4 Å². The first-order valence-electron chi connectivity index (χ1n) is 36.1. The highest BCUT2D eigenvalue weighted by atomic mass is 16.5. The van der Waals surface area contributed by atoms with Crippen LogP contribution < -0.4 is 5.32 Å². The van der Waals surface area contributed by atoms with Gasteiger partial charge >= 0.3 is 5.97 Å². The zero-order valence-electron chi connectivity index (χ0n) is 53.6. The predicted molar refractivity (Wildman–Crippen MR) is 347 cm³/mol. The number of rotatable bonds is 68. The number of aliphatic hydroxyl groups excluding tert-OH is 2. The minimum absolute atomic E-state index is 0.0155. The molecule has 79 heavy (non-hydrogen) atoms. The van der Waals surface area contributed by atoms with Crippen molar-refractivity contribution >= 4 is 11.9 Å². The van der Waals surface area contributed by atoms with Gasteiger partial charge in [0.1, 0.15) is 0 Å². The van der Waals surface area contributed by atoms with Crippen molar-refractivity contribution < 1.29 is 24.5 Å². The van der Waals surface area contributed by atoms with Gasteiger partial charge < -0.3 is 20.3 Å². The molecule has 0 aliphatic rings. The van der Waals surface area contributed by atoms with Gasteiger partial charge in [-0.25, -0.2) is 0 Å². The third kappa shape index (κ3) is 65.4. The Morgan fingerprint density at radius 1 is 0.342 bits per heavy atom. The van der Waals surface area contributed by atoms with E-state index in [4.69, 9.17) is 4.74 Å². The minimum atomic E-state index is -0.839. The number of allylic oxidation sites excluding steroid dienone is 3. The highest BCUT2D eigenvalue weighted by Gasteiger charge is 2.18. The number of ether oxygens (including phenoxy) is 1. The third-order valence-corrected chi connectivity index (χ3v) is 17.0. The van der Waals surface area contributed by atoms with Crippen LogP contribution in [0.5, 0.6) is 0 Å². The average molecular weight is 1110 g/mol. The Balaban J connectivity index is 3.29. The standard InChI is InChI=1S/C73H141NO5/c1-3-5-7-9-11-13-15-16-17-40-43-47-51-55-59-63-67-73(78)79-68-64-60-56-52-48-44-41-38-36-34-32-30-28-26-24-22-20-18-19-21-23-25-27-29-31-33-35-37-39-42-46-50-54-58-62-66-72(77)74-70(69-75)71(76)65-61-57-53-49-45-14-12-10-8-6-4-2/h17,40,61,65,70-71,75-76H,3-16,18-39,41-60,62-64,66-69H2,1-2H3,(H,74,77)/b40-17-,65-61+. The number of unbranched alkanes of at least 4 members (excludes halogenated alkanes) is 55. The van der Waals surface area contributed by atoms with Crippen LogP contribution in [-0.4, -0.2) is 47.4 Å². The molecule has 2 atom stereocenters. The Morgan fingerprint density at radius 2 is 0.595 bits per heavy atom. The molecule has 0 heterocycles. The van der Waals surface area contributed by atoms with E-state index in [1.807, 2.05) is 6.08 Å². The smallest absolute Gasteiger partial charge is 0.305 e. The van der Waals surface area contributed by atoms with Crippen LogP contribution in [0.2, 0.25) is 0 Å². The summed E-state index contributed by atoms with van der Waals surface area (Å²) >= 11 is 0. The molecule has 0 spiro atoms. The number of carbonyl (C=O) groups excluding carboxylic acids is 2. The molecular formula is C73H141NO5. The zero-order chi connectivity index (χ0) is 57.1. The number of esters is 1. The molecule has 0 rings (SSSR count). The van der Waals surface area contributed by atoms with Gasteiger partial charge in [-0.05, 0) is 57.8 Å². The molecule has 0 saturated carbocycles. The summed E-state index contributed by atoms with van der Waals surface area (Å²) in [5.74, 6) is -0.0466. The highest BCUT2D eigenvalue weighted by molar-refractivity contribution is 5.76. The van der Waals surface area contributed by atoms with E-state index in [9.17, 15) is 19.8 Å². The molecular weight excluding hydrogens is 971 g/mol. The van der Waals surface area contributed by atoms with Crippen LogP contribution in [0, 0.1) is 0 Å². The third-order valence-electron chi connectivity index (χ3n) is 17.0. The maximum Gasteiger partial charge on any atom is 0.305 e. The Hall–Kier alpha value is -1.66. The molecule has 468 valence electrons. The van der Waals surface area contributed by atoms with E-state index in [2.05, 4.69) is 31.3 Å². The van der Waals surface area contributed by atoms with Crippen molar-refractivity contribution in [2.45, 2.75) is 418 Å². The second-order valence-electron chi connectivity index (χ2n) is 24.9. The summed E-state index contributed by atoms with van der Waals surface area (Å²) in [4.78, 5) is 24.5. The van der Waals surface area contributed by atoms with Gasteiger partial charge in [-0.3, -0.25) is 9.59 Å². The topological polar surface area (TPSA) is 95.9 Å². The first-order valence-corrected chi connectivity index (χ1v) is 36.1. The van der Waals surface area contributed by atoms with Crippen molar-refractivity contribution in [2.24, 2.45) is 0 Å². The summed E-state index contributed by atoms with van der Waals surface area (Å²) in [5.41, 5.74) is 0. The second-order valence-corrected chi connectivity index (χ2v) is 24.9. The maximum atomic E-state index is 12.4. The molecule has 6 nitrogen and oxygen atoms in total. The molecule has 0 aliphatic carbocycles. The quantitative estimate of drug-likeness (QED) is 0.0320. The normalized spacial score (nSPS) is 12.6. The van der Waals surface area contributed by atoms with Crippen molar-refractivity contribution in [1.82, 2.24) is 5.32 Å². The molecule has 0 fully saturated rings. The van der Waals surface area contributed by atoms with Crippen LogP contribution in [-0.2, 0) is 14.3 Å². The highest BCUT2D eigenvalue weighted by Crippen LogP contribution is 2.19. The summed E-state index contributed by atoms with van der Waals surface area (Å²) in [6.45, 7) is 4.92. The van der Waals surface area contributed by atoms with Gasteiger partial charge in [0, 0.05) is 12.8 Å². The number of aliphatic hydroxyl groups is 2. The van der Waals surface area contributed by atoms with Crippen LogP contribution in [0.25, 0.3) is 0 Å². The van der Waals surface area contributed by atoms with Crippen molar-refractivity contribution in [1.29, 1.82) is 0 Å². The summed E-state index contributed by atoms with van der Waals surface area (Å²) in [7, 11) is 0. The van der Waals surface area contributed by atoms with Gasteiger partial charge in [0.25, 0.3) is 0 Å². The van der Waals surface area contributed by atoms with Crippen molar-refractivity contribution in [3.8, 4) is 0 Å². The van der Waals surface area contributed by atoms with Crippen LogP contribution in [0.3, 0.4) is 0 Å². The average Bonchev–Trinajstić information content (AvgIpc) is 3.45. The SMILES string of the molecule is CCCCCCCCC/C=C\CCCCCCCC(=O)OCCCCCCCCCCCCCCCCCCCCCCCCCCCCCCCCCCCCCC(=O)NC(CO)C(O)/C=C/CCCCCCCCCCC. The molecule has 0 bridgehead atoms. The Labute approximate surface area is 494 Å². The van der Waals surface area contributed by atoms with Gasteiger partial charge in [0.15, 0.2) is 0 Å². The summed E-state index contributed by atoms with van der Waals surface area (Å²) in [5, 5.41) is 23.1. The second kappa shape index (κ2) is 68.8. The largest absolute Gasteiger partial charge is 0.466 e. The fourth-order valence-electron chi connectivity index (χ4n) is 11.5. The lowest BCUT2D eigenvalue weighted by Crippen LogP contribution is -2.45. The molecule has 2 unspecified atom stereocenters. The Kier molecular flexibility index (Phi) is 67.4. The molecule has 0 aromatic carbocycles. The first-order chi connectivity index (χ1) is 39.0. The number of nitrogens with one attached hydrogen (secondary N) is 1. The van der Waals surface area contributed by atoms with Crippen LogP contribution in [0.15, 0.2) is 24.3 Å². The maximum absolute atomic E-state index is 12.4. The molecule has 0 radical (unpaired) electrons. The van der Waals surface area contributed by atoms with E-state index in [1.54, 1.807) is 6.08 Å². The summed E-state index contributed by atoms with van der Waals surface area (Å²) < 4.78 is 5.50. The summed E-state index contributed by atoms with van der Waals surface area (Å²) in [6.07, 6.45) is 87.2. The van der Waals surface area contributed by atoms with E-state index < -0.39 is 12.1 Å². The van der Waals surface area contributed by atoms with Crippen LogP contribution >= 0.6 is 0 Å². The molecule has 0 aromatic rings. The van der Waals surface area contributed by atoms with E-state index in [1.165, 1.54) is 334 Å². The lowest BCUT2D eigenvalue weighted by atomic mass is 10.0. The molecule has 1 amide bonds. The Bertz CT molecular complexity index is 1230. The fourth-order valence-corrected chi connectivity index (χ4v) is 11.5. The minimum Gasteiger partial charge on any atom is -0.466 e. The molecule has 3 N–H and O–H groups in total. The van der Waals surface area contributed by atoms with Gasteiger partial charge in [-0.1, -0.05) is 359 Å². The number of carbonyl (C=O) groups is 2. The Morgan fingerprint density at radius 3 is 0.899 bits per heavy atom. The van der Waals surface area contributed by atoms with E-state index in [-0.39, 0.29) is 18.5 Å². The fraction of sp³-hybridized carbons (Fsp3) is 0.918. The lowest BCUT2D eigenvalue weighted by molar-refractivity contribution is -0.143. The zero-order valence-corrected chi connectivity index (χ0v) is 53.6. The van der Waals surface area contributed by atoms with Gasteiger partial charge in [0.2, 0.25) is 5.91 Å². The van der Waals surface area contributed by atoms with Gasteiger partial charge in [0.05, 0.1) is 25.4 Å². The molecule has 0 aliphatic heterocycles. The van der Waals surface area contributed by atoms with Crippen molar-refractivity contribution in [3.63, 3.8) is 0 Å². The van der Waals surface area contributed by atoms with Gasteiger partial charge in [-0.15, -0.1) is 0 Å². The van der Waals surface area contributed by atoms with Crippen LogP contribution in [0.4, 0.5) is 0 Å². The first kappa shape index (κ1) is 77.3. The van der Waals surface area contributed by atoms with E-state index in [0.717, 1.165) is 44.9 Å². The van der Waals surface area contributed by atoms with Crippen molar-refractivity contribution in [2.75, 3.05) is 13.2 Å². The lowest BCUT2D eigenvalue weighted by Gasteiger charge is -2.20. The molecule has 0 aromatic heterocycles. The number of hydrogen-bond donors (Lipinski definition) is 3. The molecule has 6 heteroatoms. The van der Waals surface area contributed by atoms with Crippen molar-refractivity contribution in [3.05, 3.63) is 24.3 Å². The number of hydrogen-bond acceptors (Lipinski definition) is 5. The number of amides is 1. The summed E-state index contributed by atoms with van der Waals surface area (Å²) in [6, 6.07) is -0.622. The van der Waals surface area contributed by atoms with E-state index >= 15 is 0 Å². The predicted octanol–water partition coefficient (Wildman–Crippen LogP) is 23.3. The monoisotopic (exact) mass is 1110 g/mol.